The van der Waals surface area contributed by atoms with Gasteiger partial charge in [-0.2, -0.15) is 13.2 Å². The average Bonchev–Trinajstić information content (AvgIpc) is 3.09. The molecule has 47 heavy (non-hydrogen) atoms. The molecule has 1 aliphatic heterocycles. The van der Waals surface area contributed by atoms with Crippen molar-refractivity contribution in [1.29, 1.82) is 0 Å². The molecule has 1 atom stereocenters. The summed E-state index contributed by atoms with van der Waals surface area (Å²) in [5, 5.41) is 2.92. The Bertz CT molecular complexity index is 1630. The molecule has 0 spiro atoms. The standard InChI is InChI=1S/C38H37F3N2O4/c1-2-24-46-25-26-47-37(45)35(30-8-4-3-5-9-30)43-22-20-28(21-23-43)27-14-18-32(19-15-27)42-36(44)34-11-7-6-10-33(34)29-12-16-31(17-13-29)38(39,40)41/h2-19,28,35H,1,20-26H2,(H,42,44). The molecule has 9 heteroatoms. The fraction of sp³-hybridized carbons (Fsp3) is 0.263. The number of carbonyl (C=O) groups is 2. The maximum Gasteiger partial charge on any atom is 0.416 e. The maximum absolute atomic E-state index is 13.3. The zero-order valence-corrected chi connectivity index (χ0v) is 25.9. The number of hydrogen-bond donors (Lipinski definition) is 1. The minimum absolute atomic E-state index is 0.177. The third-order valence-corrected chi connectivity index (χ3v) is 8.28. The van der Waals surface area contributed by atoms with Gasteiger partial charge in [-0.3, -0.25) is 9.69 Å². The molecule has 0 radical (unpaired) electrons. The van der Waals surface area contributed by atoms with Crippen LogP contribution in [0, 0.1) is 0 Å². The van der Waals surface area contributed by atoms with Crippen LogP contribution in [0.15, 0.2) is 116 Å². The van der Waals surface area contributed by atoms with Gasteiger partial charge in [0.05, 0.1) is 18.8 Å². The van der Waals surface area contributed by atoms with Crippen molar-refractivity contribution in [3.8, 4) is 11.1 Å². The number of anilines is 1. The summed E-state index contributed by atoms with van der Waals surface area (Å²) < 4.78 is 50.0. The highest BCUT2D eigenvalue weighted by atomic mass is 19.4. The summed E-state index contributed by atoms with van der Waals surface area (Å²) in [6.45, 7) is 5.93. The number of likely N-dealkylation sites (tertiary alicyclic amines) is 1. The van der Waals surface area contributed by atoms with Crippen LogP contribution in [0.2, 0.25) is 0 Å². The molecule has 4 aromatic rings. The average molecular weight is 643 g/mol. The Hall–Kier alpha value is -4.73. The molecule has 0 aliphatic carbocycles. The minimum atomic E-state index is -4.43. The summed E-state index contributed by atoms with van der Waals surface area (Å²) in [7, 11) is 0. The first-order valence-corrected chi connectivity index (χ1v) is 15.6. The molecule has 0 aromatic heterocycles. The first-order chi connectivity index (χ1) is 22.7. The lowest BCUT2D eigenvalue weighted by atomic mass is 9.88. The molecule has 1 amide bonds. The zero-order valence-electron chi connectivity index (χ0n) is 25.9. The van der Waals surface area contributed by atoms with Crippen molar-refractivity contribution < 1.29 is 32.2 Å². The molecular formula is C38H37F3N2O4. The van der Waals surface area contributed by atoms with Crippen molar-refractivity contribution in [2.24, 2.45) is 0 Å². The van der Waals surface area contributed by atoms with Gasteiger partial charge >= 0.3 is 12.1 Å². The first kappa shape index (κ1) is 33.6. The lowest BCUT2D eigenvalue weighted by molar-refractivity contribution is -0.152. The van der Waals surface area contributed by atoms with Crippen LogP contribution < -0.4 is 5.32 Å². The monoisotopic (exact) mass is 642 g/mol. The summed E-state index contributed by atoms with van der Waals surface area (Å²) in [5.74, 6) is -0.361. The van der Waals surface area contributed by atoms with Gasteiger partial charge < -0.3 is 14.8 Å². The van der Waals surface area contributed by atoms with E-state index in [0.29, 0.717) is 48.7 Å². The Kier molecular flexibility index (Phi) is 11.2. The molecule has 5 rings (SSSR count). The van der Waals surface area contributed by atoms with Crippen LogP contribution in [-0.2, 0) is 20.4 Å². The summed E-state index contributed by atoms with van der Waals surface area (Å²) in [6.07, 6.45) is -1.08. The molecule has 1 saturated heterocycles. The Labute approximate surface area is 272 Å². The Morgan fingerprint density at radius 3 is 2.19 bits per heavy atom. The van der Waals surface area contributed by atoms with Gasteiger partial charge in [0.2, 0.25) is 0 Å². The molecule has 244 valence electrons. The van der Waals surface area contributed by atoms with Gasteiger partial charge in [0.15, 0.2) is 0 Å². The van der Waals surface area contributed by atoms with E-state index in [1.807, 2.05) is 54.6 Å². The second-order valence-corrected chi connectivity index (χ2v) is 11.4. The largest absolute Gasteiger partial charge is 0.462 e. The summed E-state index contributed by atoms with van der Waals surface area (Å²) in [5.41, 5.74) is 3.33. The highest BCUT2D eigenvalue weighted by Crippen LogP contribution is 2.34. The van der Waals surface area contributed by atoms with E-state index in [0.717, 1.165) is 36.1 Å². The lowest BCUT2D eigenvalue weighted by Crippen LogP contribution is -2.40. The van der Waals surface area contributed by atoms with Crippen LogP contribution >= 0.6 is 0 Å². The number of esters is 1. The predicted molar refractivity (Wildman–Crippen MR) is 176 cm³/mol. The SMILES string of the molecule is C=CCOCCOC(=O)C(c1ccccc1)N1CCC(c2ccc(NC(=O)c3ccccc3-c3ccc(C(F)(F)F)cc3)cc2)CC1. The van der Waals surface area contributed by atoms with E-state index in [2.05, 4.69) is 16.8 Å². The number of alkyl halides is 3. The summed E-state index contributed by atoms with van der Waals surface area (Å²) in [6, 6.07) is 28.5. The molecular weight excluding hydrogens is 605 g/mol. The zero-order chi connectivity index (χ0) is 33.2. The smallest absolute Gasteiger partial charge is 0.416 e. The van der Waals surface area contributed by atoms with E-state index in [4.69, 9.17) is 9.47 Å². The van der Waals surface area contributed by atoms with E-state index in [9.17, 15) is 22.8 Å². The molecule has 0 bridgehead atoms. The van der Waals surface area contributed by atoms with Gasteiger partial charge in [-0.25, -0.2) is 4.79 Å². The summed E-state index contributed by atoms with van der Waals surface area (Å²) >= 11 is 0. The number of amides is 1. The lowest BCUT2D eigenvalue weighted by Gasteiger charge is -2.36. The fourth-order valence-electron chi connectivity index (χ4n) is 5.88. The second kappa shape index (κ2) is 15.7. The van der Waals surface area contributed by atoms with Crippen molar-refractivity contribution in [1.82, 2.24) is 4.90 Å². The van der Waals surface area contributed by atoms with Crippen molar-refractivity contribution in [3.05, 3.63) is 138 Å². The van der Waals surface area contributed by atoms with Crippen LogP contribution in [0.25, 0.3) is 11.1 Å². The van der Waals surface area contributed by atoms with Gasteiger partial charge in [0.25, 0.3) is 5.91 Å². The number of carbonyl (C=O) groups excluding carboxylic acids is 2. The molecule has 1 N–H and O–H groups in total. The second-order valence-electron chi connectivity index (χ2n) is 11.4. The Balaban J connectivity index is 1.20. The molecule has 1 fully saturated rings. The van der Waals surface area contributed by atoms with Gasteiger partial charge in [0.1, 0.15) is 12.6 Å². The van der Waals surface area contributed by atoms with Gasteiger partial charge in [-0.1, -0.05) is 78.9 Å². The Morgan fingerprint density at radius 2 is 1.53 bits per heavy atom. The first-order valence-electron chi connectivity index (χ1n) is 15.6. The van der Waals surface area contributed by atoms with Crippen LogP contribution in [0.3, 0.4) is 0 Å². The number of hydrogen-bond acceptors (Lipinski definition) is 5. The van der Waals surface area contributed by atoms with E-state index >= 15 is 0 Å². The van der Waals surface area contributed by atoms with Crippen molar-refractivity contribution >= 4 is 17.6 Å². The Morgan fingerprint density at radius 1 is 0.872 bits per heavy atom. The number of nitrogens with one attached hydrogen (secondary N) is 1. The number of nitrogens with zero attached hydrogens (tertiary/aromatic N) is 1. The van der Waals surface area contributed by atoms with Crippen molar-refractivity contribution in [2.45, 2.75) is 31.0 Å². The topological polar surface area (TPSA) is 67.9 Å². The predicted octanol–water partition coefficient (Wildman–Crippen LogP) is 8.29. The van der Waals surface area contributed by atoms with E-state index < -0.39 is 17.8 Å². The highest BCUT2D eigenvalue weighted by Gasteiger charge is 2.33. The van der Waals surface area contributed by atoms with Crippen LogP contribution in [0.4, 0.5) is 18.9 Å². The van der Waals surface area contributed by atoms with Crippen LogP contribution in [0.5, 0.6) is 0 Å². The molecule has 4 aromatic carbocycles. The molecule has 1 aliphatic rings. The summed E-state index contributed by atoms with van der Waals surface area (Å²) in [4.78, 5) is 28.6. The highest BCUT2D eigenvalue weighted by molar-refractivity contribution is 6.08. The van der Waals surface area contributed by atoms with Gasteiger partial charge in [-0.15, -0.1) is 6.58 Å². The van der Waals surface area contributed by atoms with Gasteiger partial charge in [-0.05, 0) is 84.4 Å². The third-order valence-electron chi connectivity index (χ3n) is 8.28. The number of rotatable bonds is 12. The molecule has 0 saturated carbocycles. The fourth-order valence-corrected chi connectivity index (χ4v) is 5.88. The van der Waals surface area contributed by atoms with Crippen LogP contribution in [0.1, 0.15) is 51.8 Å². The van der Waals surface area contributed by atoms with Crippen molar-refractivity contribution in [3.63, 3.8) is 0 Å². The van der Waals surface area contributed by atoms with Gasteiger partial charge in [0, 0.05) is 11.3 Å². The third kappa shape index (κ3) is 8.75. The quantitative estimate of drug-likeness (QED) is 0.0957. The number of ether oxygens (including phenoxy) is 2. The number of halogens is 3. The van der Waals surface area contributed by atoms with E-state index in [-0.39, 0.29) is 24.4 Å². The molecule has 1 heterocycles. The minimum Gasteiger partial charge on any atom is -0.462 e. The van der Waals surface area contributed by atoms with E-state index in [1.165, 1.54) is 12.1 Å². The number of benzene rings is 4. The van der Waals surface area contributed by atoms with E-state index in [1.54, 1.807) is 30.3 Å². The van der Waals surface area contributed by atoms with Crippen molar-refractivity contribution in [2.75, 3.05) is 38.2 Å². The normalized spacial score (nSPS) is 14.7. The number of piperidine rings is 1. The maximum atomic E-state index is 13.3. The molecule has 1 unspecified atom stereocenters. The molecule has 6 nitrogen and oxygen atoms in total. The van der Waals surface area contributed by atoms with Crippen LogP contribution in [-0.4, -0.2) is 49.7 Å².